The number of hydrogen-bond acceptors (Lipinski definition) is 9. The van der Waals surface area contributed by atoms with E-state index in [4.69, 9.17) is 9.15 Å². The average Bonchev–Trinajstić information content (AvgIpc) is 3.82. The van der Waals surface area contributed by atoms with Gasteiger partial charge in [-0.1, -0.05) is 80.1 Å². The second-order valence-corrected chi connectivity index (χ2v) is 14.3. The van der Waals surface area contributed by atoms with Crippen molar-refractivity contribution >= 4 is 34.9 Å². The molecule has 0 spiro atoms. The molecule has 0 unspecified atom stereocenters. The van der Waals surface area contributed by atoms with E-state index in [1.54, 1.807) is 7.05 Å². The number of oxazole rings is 1. The third-order valence-electron chi connectivity index (χ3n) is 8.69. The van der Waals surface area contributed by atoms with Crippen molar-refractivity contribution in [3.8, 4) is 0 Å². The Bertz CT molecular complexity index is 1740. The summed E-state index contributed by atoms with van der Waals surface area (Å²) in [7, 11) is 1.67. The SMILES string of the molecule is CC(C)=C(C)c1nc(CN(C)C(=O)N[C@H](C(=O)N[C@@H](Cc2ccccc2)C[C@H](O)[C@H](Cc2ccccc2)NC(=O)OCc2cnco2)C(C)C)cs1. The molecule has 13 heteroatoms. The smallest absolute Gasteiger partial charge is 0.407 e. The molecule has 0 saturated carbocycles. The van der Waals surface area contributed by atoms with E-state index in [-0.39, 0.29) is 31.4 Å². The van der Waals surface area contributed by atoms with E-state index in [9.17, 15) is 19.5 Å². The van der Waals surface area contributed by atoms with Gasteiger partial charge in [0.2, 0.25) is 5.91 Å². The van der Waals surface area contributed by atoms with Crippen LogP contribution < -0.4 is 16.0 Å². The summed E-state index contributed by atoms with van der Waals surface area (Å²) in [6.07, 6.45) is 1.73. The average molecular weight is 731 g/mol. The first-order valence-corrected chi connectivity index (χ1v) is 18.2. The molecule has 2 aromatic heterocycles. The maximum Gasteiger partial charge on any atom is 0.407 e. The van der Waals surface area contributed by atoms with Gasteiger partial charge in [-0.05, 0) is 62.7 Å². The second-order valence-electron chi connectivity index (χ2n) is 13.5. The number of benzene rings is 2. The minimum atomic E-state index is -1.08. The van der Waals surface area contributed by atoms with E-state index >= 15 is 0 Å². The summed E-state index contributed by atoms with van der Waals surface area (Å²) in [5.41, 5.74) is 4.91. The van der Waals surface area contributed by atoms with Crippen molar-refractivity contribution in [1.29, 1.82) is 0 Å². The number of aromatic nitrogens is 2. The van der Waals surface area contributed by atoms with Gasteiger partial charge in [-0.25, -0.2) is 19.6 Å². The van der Waals surface area contributed by atoms with Crippen LogP contribution in [0.4, 0.5) is 9.59 Å². The molecule has 2 heterocycles. The van der Waals surface area contributed by atoms with Crippen LogP contribution in [-0.4, -0.2) is 69.3 Å². The number of aliphatic hydroxyl groups excluding tert-OH is 1. The van der Waals surface area contributed by atoms with Gasteiger partial charge in [0, 0.05) is 18.5 Å². The maximum absolute atomic E-state index is 13.9. The summed E-state index contributed by atoms with van der Waals surface area (Å²) in [5, 5.41) is 23.3. The summed E-state index contributed by atoms with van der Waals surface area (Å²) < 4.78 is 10.5. The molecule has 0 aliphatic heterocycles. The highest BCUT2D eigenvalue weighted by Crippen LogP contribution is 2.22. The van der Waals surface area contributed by atoms with Crippen LogP contribution in [0, 0.1) is 5.92 Å². The molecule has 0 aliphatic carbocycles. The molecule has 12 nitrogen and oxygen atoms in total. The molecule has 0 aliphatic rings. The lowest BCUT2D eigenvalue weighted by Gasteiger charge is -2.30. The molecular weight excluding hydrogens is 681 g/mol. The van der Waals surface area contributed by atoms with E-state index in [1.165, 1.54) is 34.4 Å². The largest absolute Gasteiger partial charge is 0.445 e. The Morgan fingerprint density at radius 2 is 1.60 bits per heavy atom. The molecular formula is C39H50N6O6S. The van der Waals surface area contributed by atoms with Gasteiger partial charge in [-0.2, -0.15) is 0 Å². The Labute approximate surface area is 309 Å². The van der Waals surface area contributed by atoms with Crippen LogP contribution in [0.3, 0.4) is 0 Å². The van der Waals surface area contributed by atoms with Gasteiger partial charge in [0.05, 0.1) is 30.6 Å². The number of amides is 4. The predicted octanol–water partition coefficient (Wildman–Crippen LogP) is 6.13. The quantitative estimate of drug-likeness (QED) is 0.101. The van der Waals surface area contributed by atoms with Gasteiger partial charge in [0.25, 0.3) is 0 Å². The summed E-state index contributed by atoms with van der Waals surface area (Å²) in [6.45, 7) is 10.0. The number of hydrogen-bond donors (Lipinski definition) is 4. The molecule has 278 valence electrons. The lowest BCUT2D eigenvalue weighted by molar-refractivity contribution is -0.124. The standard InChI is InChI=1S/C39H50N6O6S/c1-25(2)27(5)37-42-31(23-52-37)21-45(6)38(48)44-35(26(3)4)36(47)41-30(17-28-13-9-7-10-14-28)19-34(46)33(18-29-15-11-8-12-16-29)43-39(49)50-22-32-20-40-24-51-32/h7-16,20,23-24,26,30,33-35,46H,17-19,21-22H2,1-6H3,(H,41,47)(H,43,49)(H,44,48)/t30-,33-,34-,35-/m0/s1. The predicted molar refractivity (Wildman–Crippen MR) is 201 cm³/mol. The molecule has 4 N–H and O–H groups in total. The van der Waals surface area contributed by atoms with E-state index in [0.29, 0.717) is 18.6 Å². The van der Waals surface area contributed by atoms with Crippen molar-refractivity contribution in [3.05, 3.63) is 112 Å². The number of nitrogens with zero attached hydrogens (tertiary/aromatic N) is 3. The zero-order valence-corrected chi connectivity index (χ0v) is 31.5. The molecule has 4 atom stereocenters. The van der Waals surface area contributed by atoms with Crippen molar-refractivity contribution < 1.29 is 28.6 Å². The first-order chi connectivity index (χ1) is 24.9. The van der Waals surface area contributed by atoms with E-state index in [2.05, 4.69) is 25.9 Å². The number of carbonyl (C=O) groups excluding carboxylic acids is 3. The molecule has 4 rings (SSSR count). The van der Waals surface area contributed by atoms with E-state index in [1.807, 2.05) is 101 Å². The number of rotatable bonds is 17. The molecule has 0 fully saturated rings. The zero-order chi connectivity index (χ0) is 37.6. The van der Waals surface area contributed by atoms with Gasteiger partial charge in [0.15, 0.2) is 18.8 Å². The van der Waals surface area contributed by atoms with Gasteiger partial charge in [-0.15, -0.1) is 11.3 Å². The zero-order valence-electron chi connectivity index (χ0n) is 30.7. The molecule has 52 heavy (non-hydrogen) atoms. The molecule has 0 radical (unpaired) electrons. The highest BCUT2D eigenvalue weighted by molar-refractivity contribution is 7.10. The third kappa shape index (κ3) is 12.3. The van der Waals surface area contributed by atoms with Crippen LogP contribution in [0.5, 0.6) is 0 Å². The van der Waals surface area contributed by atoms with Gasteiger partial charge in [0.1, 0.15) is 11.0 Å². The minimum absolute atomic E-state index is 0.108. The monoisotopic (exact) mass is 730 g/mol. The normalized spacial score (nSPS) is 13.4. The van der Waals surface area contributed by atoms with Crippen molar-refractivity contribution in [2.24, 2.45) is 5.92 Å². The number of aliphatic hydroxyl groups is 1. The molecule has 2 aromatic carbocycles. The summed E-state index contributed by atoms with van der Waals surface area (Å²) in [6, 6.07) is 16.6. The highest BCUT2D eigenvalue weighted by Gasteiger charge is 2.31. The fraction of sp³-hybridized carbons (Fsp3) is 0.410. The fourth-order valence-electron chi connectivity index (χ4n) is 5.49. The molecule has 4 amide bonds. The second kappa shape index (κ2) is 19.6. The van der Waals surface area contributed by atoms with Crippen LogP contribution >= 0.6 is 11.3 Å². The summed E-state index contributed by atoms with van der Waals surface area (Å²) in [5.74, 6) is -0.234. The molecule has 0 saturated heterocycles. The minimum Gasteiger partial charge on any atom is -0.445 e. The van der Waals surface area contributed by atoms with E-state index in [0.717, 1.165) is 27.4 Å². The number of carbonyl (C=O) groups is 3. The summed E-state index contributed by atoms with van der Waals surface area (Å²) >= 11 is 1.53. The van der Waals surface area contributed by atoms with Crippen molar-refractivity contribution in [3.63, 3.8) is 0 Å². The molecule has 4 aromatic rings. The number of nitrogens with one attached hydrogen (secondary N) is 3. The Kier molecular flexibility index (Phi) is 15.0. The van der Waals surface area contributed by atoms with Crippen LogP contribution in [0.2, 0.25) is 0 Å². The number of ether oxygens (including phenoxy) is 1. The summed E-state index contributed by atoms with van der Waals surface area (Å²) in [4.78, 5) is 50.2. The number of allylic oxidation sites excluding steroid dienone is 2. The van der Waals surface area contributed by atoms with Gasteiger partial charge in [-0.3, -0.25) is 4.79 Å². The lowest BCUT2D eigenvalue weighted by Crippen LogP contribution is -2.55. The Balaban J connectivity index is 1.46. The Hall–Kier alpha value is -5.01. The highest BCUT2D eigenvalue weighted by atomic mass is 32.1. The van der Waals surface area contributed by atoms with Crippen LogP contribution in [0.1, 0.15) is 68.6 Å². The van der Waals surface area contributed by atoms with Crippen molar-refractivity contribution in [2.45, 2.75) is 91.3 Å². The number of urea groups is 1. The Morgan fingerprint density at radius 3 is 2.19 bits per heavy atom. The topological polar surface area (TPSA) is 159 Å². The number of thiazole rings is 1. The maximum atomic E-state index is 13.9. The fourth-order valence-corrected chi connectivity index (χ4v) is 6.42. The number of alkyl carbamates (subject to hydrolysis) is 1. The van der Waals surface area contributed by atoms with Gasteiger partial charge >= 0.3 is 12.1 Å². The first kappa shape index (κ1) is 39.8. The van der Waals surface area contributed by atoms with Gasteiger partial charge < -0.3 is 35.1 Å². The van der Waals surface area contributed by atoms with Crippen LogP contribution in [0.25, 0.3) is 5.57 Å². The third-order valence-corrected chi connectivity index (χ3v) is 9.70. The van der Waals surface area contributed by atoms with E-state index < -0.39 is 36.4 Å². The lowest BCUT2D eigenvalue weighted by atomic mass is 9.93. The van der Waals surface area contributed by atoms with Crippen LogP contribution in [-0.2, 0) is 35.5 Å². The van der Waals surface area contributed by atoms with Crippen molar-refractivity contribution in [1.82, 2.24) is 30.8 Å². The van der Waals surface area contributed by atoms with Crippen LogP contribution in [0.15, 0.2) is 88.6 Å². The molecule has 0 bridgehead atoms. The first-order valence-electron chi connectivity index (χ1n) is 17.4. The van der Waals surface area contributed by atoms with Crippen molar-refractivity contribution in [2.75, 3.05) is 7.05 Å². The Morgan fingerprint density at radius 1 is 0.942 bits per heavy atom.